The Balaban J connectivity index is 1.85. The molecule has 0 aromatic heterocycles. The van der Waals surface area contributed by atoms with Crippen LogP contribution in [0.3, 0.4) is 0 Å². The first-order valence-corrected chi connectivity index (χ1v) is 10.5. The van der Waals surface area contributed by atoms with E-state index in [1.165, 1.54) is 6.42 Å². The lowest BCUT2D eigenvalue weighted by Gasteiger charge is -2.44. The minimum atomic E-state index is -0.753. The monoisotopic (exact) mass is 376 g/mol. The summed E-state index contributed by atoms with van der Waals surface area (Å²) in [6, 6.07) is 0. The van der Waals surface area contributed by atoms with Crippen LogP contribution in [0.4, 0.5) is 0 Å². The smallest absolute Gasteiger partial charge is 0.303 e. The predicted octanol–water partition coefficient (Wildman–Crippen LogP) is 4.63. The second-order valence-electron chi connectivity index (χ2n) is 8.28. The molecule has 2 aliphatic rings. The maximum absolute atomic E-state index is 10.7. The Morgan fingerprint density at radius 2 is 2.00 bits per heavy atom. The fourth-order valence-corrected chi connectivity index (χ4v) is 4.45. The lowest BCUT2D eigenvalue weighted by molar-refractivity contribution is -0.137. The van der Waals surface area contributed by atoms with Crippen molar-refractivity contribution in [2.75, 3.05) is 0 Å². The molecule has 0 aliphatic heterocycles. The van der Waals surface area contributed by atoms with Gasteiger partial charge < -0.3 is 15.3 Å². The number of allylic oxidation sites excluding steroid dienone is 5. The first-order chi connectivity index (χ1) is 13.0. The highest BCUT2D eigenvalue weighted by Gasteiger charge is 2.41. The summed E-state index contributed by atoms with van der Waals surface area (Å²) in [5, 5.41) is 29.7. The number of carboxylic acids is 1. The molecule has 4 heteroatoms. The lowest BCUT2D eigenvalue weighted by Crippen LogP contribution is -2.40. The van der Waals surface area contributed by atoms with Crippen LogP contribution in [0, 0.1) is 17.3 Å². The van der Waals surface area contributed by atoms with E-state index in [0.29, 0.717) is 12.3 Å². The molecule has 0 aromatic rings. The molecular weight excluding hydrogens is 340 g/mol. The van der Waals surface area contributed by atoms with Gasteiger partial charge >= 0.3 is 5.97 Å². The molecule has 2 aliphatic carbocycles. The van der Waals surface area contributed by atoms with Gasteiger partial charge in [0.2, 0.25) is 0 Å². The maximum Gasteiger partial charge on any atom is 0.303 e. The van der Waals surface area contributed by atoms with Gasteiger partial charge in [0.15, 0.2) is 0 Å². The Morgan fingerprint density at radius 3 is 2.63 bits per heavy atom. The number of aliphatic hydroxyl groups is 2. The first-order valence-electron chi connectivity index (χ1n) is 10.5. The number of aliphatic carboxylic acids is 1. The van der Waals surface area contributed by atoms with Crippen molar-refractivity contribution in [3.8, 4) is 0 Å². The standard InChI is InChI=1S/C23H36O4/c1-2-3-15-23(16-8-17-23)21(25)14-12-18-11-13-20(24)19(18)9-6-4-5-7-10-22(26)27/h2-4,6,12,14,18-21,24-25H,5,7-11,13,15-17H2,1H3,(H,26,27)/t18-,19-,20+,21?/m1/s1. The van der Waals surface area contributed by atoms with Crippen LogP contribution in [0.15, 0.2) is 36.5 Å². The van der Waals surface area contributed by atoms with E-state index in [4.69, 9.17) is 5.11 Å². The third-order valence-electron chi connectivity index (χ3n) is 6.45. The van der Waals surface area contributed by atoms with Crippen LogP contribution >= 0.6 is 0 Å². The summed E-state index contributed by atoms with van der Waals surface area (Å²) in [5.74, 6) is -0.258. The van der Waals surface area contributed by atoms with Crippen molar-refractivity contribution in [1.29, 1.82) is 0 Å². The summed E-state index contributed by atoms with van der Waals surface area (Å²) in [5.41, 5.74) is 0.0137. The Hall–Kier alpha value is -1.39. The van der Waals surface area contributed by atoms with E-state index in [9.17, 15) is 15.0 Å². The highest BCUT2D eigenvalue weighted by atomic mass is 16.4. The molecular formula is C23H36O4. The van der Waals surface area contributed by atoms with Crippen LogP contribution in [0.5, 0.6) is 0 Å². The quantitative estimate of drug-likeness (QED) is 0.363. The topological polar surface area (TPSA) is 77.8 Å². The van der Waals surface area contributed by atoms with Crippen molar-refractivity contribution in [3.05, 3.63) is 36.5 Å². The van der Waals surface area contributed by atoms with Crippen molar-refractivity contribution < 1.29 is 20.1 Å². The van der Waals surface area contributed by atoms with E-state index < -0.39 is 12.1 Å². The van der Waals surface area contributed by atoms with Gasteiger partial charge in [-0.25, -0.2) is 0 Å². The summed E-state index contributed by atoms with van der Waals surface area (Å²) in [4.78, 5) is 10.5. The van der Waals surface area contributed by atoms with Crippen molar-refractivity contribution in [2.45, 2.75) is 83.3 Å². The van der Waals surface area contributed by atoms with Gasteiger partial charge in [-0.3, -0.25) is 4.79 Å². The zero-order valence-electron chi connectivity index (χ0n) is 16.6. The molecule has 2 fully saturated rings. The zero-order valence-corrected chi connectivity index (χ0v) is 16.6. The number of hydrogen-bond donors (Lipinski definition) is 3. The van der Waals surface area contributed by atoms with Crippen LogP contribution in [0.25, 0.3) is 0 Å². The van der Waals surface area contributed by atoms with Gasteiger partial charge in [-0.05, 0) is 70.1 Å². The van der Waals surface area contributed by atoms with E-state index >= 15 is 0 Å². The van der Waals surface area contributed by atoms with E-state index in [-0.39, 0.29) is 23.9 Å². The van der Waals surface area contributed by atoms with Gasteiger partial charge in [-0.2, -0.15) is 0 Å². The van der Waals surface area contributed by atoms with Gasteiger partial charge in [-0.1, -0.05) is 42.9 Å². The lowest BCUT2D eigenvalue weighted by atomic mass is 9.63. The summed E-state index contributed by atoms with van der Waals surface area (Å²) in [6.07, 6.45) is 20.3. The fourth-order valence-electron chi connectivity index (χ4n) is 4.45. The predicted molar refractivity (Wildman–Crippen MR) is 108 cm³/mol. The number of rotatable bonds is 11. The van der Waals surface area contributed by atoms with Crippen molar-refractivity contribution in [2.24, 2.45) is 17.3 Å². The molecule has 2 rings (SSSR count). The maximum atomic E-state index is 10.7. The minimum Gasteiger partial charge on any atom is -0.481 e. The normalized spacial score (nSPS) is 28.9. The Morgan fingerprint density at radius 1 is 1.22 bits per heavy atom. The van der Waals surface area contributed by atoms with E-state index in [2.05, 4.69) is 24.3 Å². The summed E-state index contributed by atoms with van der Waals surface area (Å²) >= 11 is 0. The molecule has 0 bridgehead atoms. The minimum absolute atomic E-state index is 0.0137. The van der Waals surface area contributed by atoms with Gasteiger partial charge in [0.05, 0.1) is 12.2 Å². The molecule has 0 saturated heterocycles. The van der Waals surface area contributed by atoms with Crippen LogP contribution in [0.1, 0.15) is 71.1 Å². The van der Waals surface area contributed by atoms with Gasteiger partial charge in [0, 0.05) is 11.8 Å². The molecule has 0 radical (unpaired) electrons. The van der Waals surface area contributed by atoms with E-state index in [1.807, 2.05) is 19.1 Å². The third-order valence-corrected chi connectivity index (χ3v) is 6.45. The molecule has 4 atom stereocenters. The van der Waals surface area contributed by atoms with Gasteiger partial charge in [0.1, 0.15) is 0 Å². The van der Waals surface area contributed by atoms with Crippen LogP contribution < -0.4 is 0 Å². The summed E-state index contributed by atoms with van der Waals surface area (Å²) in [7, 11) is 0. The fraction of sp³-hybridized carbons (Fsp3) is 0.696. The van der Waals surface area contributed by atoms with Gasteiger partial charge in [0.25, 0.3) is 0 Å². The van der Waals surface area contributed by atoms with Crippen molar-refractivity contribution in [3.63, 3.8) is 0 Å². The van der Waals surface area contributed by atoms with E-state index in [1.54, 1.807) is 0 Å². The highest BCUT2D eigenvalue weighted by molar-refractivity contribution is 5.66. The number of carboxylic acid groups (broad SMARTS) is 1. The highest BCUT2D eigenvalue weighted by Crippen LogP contribution is 2.48. The Labute approximate surface area is 163 Å². The van der Waals surface area contributed by atoms with Gasteiger partial charge in [-0.15, -0.1) is 0 Å². The molecule has 0 aromatic carbocycles. The van der Waals surface area contributed by atoms with Crippen LogP contribution in [0.2, 0.25) is 0 Å². The largest absolute Gasteiger partial charge is 0.481 e. The SMILES string of the molecule is CC=CCC1(C(O)C=C[C@H]2CC[C@H](O)[C@@H]2CC=CCCCC(=O)O)CCC1. The zero-order chi connectivity index (χ0) is 19.7. The second kappa shape index (κ2) is 10.8. The molecule has 1 unspecified atom stereocenters. The molecule has 3 N–H and O–H groups in total. The summed E-state index contributed by atoms with van der Waals surface area (Å²) < 4.78 is 0. The molecule has 2 saturated carbocycles. The summed E-state index contributed by atoms with van der Waals surface area (Å²) in [6.45, 7) is 2.02. The molecule has 0 spiro atoms. The first kappa shape index (κ1) is 21.9. The number of unbranched alkanes of at least 4 members (excludes halogenated alkanes) is 1. The number of hydrogen-bond acceptors (Lipinski definition) is 3. The van der Waals surface area contributed by atoms with Crippen molar-refractivity contribution >= 4 is 5.97 Å². The second-order valence-corrected chi connectivity index (χ2v) is 8.28. The average Bonchev–Trinajstić information content (AvgIpc) is 2.95. The number of aliphatic hydroxyl groups excluding tert-OH is 2. The number of carbonyl (C=O) groups is 1. The Kier molecular flexibility index (Phi) is 8.78. The Bertz CT molecular complexity index is 545. The van der Waals surface area contributed by atoms with E-state index in [0.717, 1.165) is 44.9 Å². The molecule has 152 valence electrons. The third kappa shape index (κ3) is 6.32. The molecule has 27 heavy (non-hydrogen) atoms. The van der Waals surface area contributed by atoms with Crippen LogP contribution in [-0.2, 0) is 4.79 Å². The molecule has 0 heterocycles. The molecule has 4 nitrogen and oxygen atoms in total. The van der Waals surface area contributed by atoms with Crippen molar-refractivity contribution in [1.82, 2.24) is 0 Å². The van der Waals surface area contributed by atoms with Crippen LogP contribution in [-0.4, -0.2) is 33.5 Å². The average molecular weight is 377 g/mol. The molecule has 0 amide bonds.